The molecule has 1 aliphatic heterocycles. The van der Waals surface area contributed by atoms with Crippen LogP contribution in [-0.4, -0.2) is 32.2 Å². The lowest BCUT2D eigenvalue weighted by molar-refractivity contribution is -0.121. The SMILES string of the molecule is COc1ccccc1-n1cc([C@H]2CC(=O)NCc3nc4sccn4c32)cn1. The van der Waals surface area contributed by atoms with Crippen LogP contribution in [0.15, 0.2) is 48.2 Å². The molecule has 7 nitrogen and oxygen atoms in total. The molecule has 0 bridgehead atoms. The number of ether oxygens (including phenoxy) is 1. The zero-order chi connectivity index (χ0) is 18.4. The van der Waals surface area contributed by atoms with E-state index in [-0.39, 0.29) is 11.8 Å². The third-order valence-electron chi connectivity index (χ3n) is 4.88. The van der Waals surface area contributed by atoms with Gasteiger partial charge in [-0.15, -0.1) is 11.3 Å². The number of thiazole rings is 1. The molecular weight excluding hydrogens is 362 g/mol. The molecule has 136 valence electrons. The summed E-state index contributed by atoms with van der Waals surface area (Å²) >= 11 is 1.59. The van der Waals surface area contributed by atoms with Crippen molar-refractivity contribution in [2.24, 2.45) is 0 Å². The van der Waals surface area contributed by atoms with Crippen LogP contribution in [0, 0.1) is 0 Å². The number of nitrogens with one attached hydrogen (secondary N) is 1. The van der Waals surface area contributed by atoms with Gasteiger partial charge >= 0.3 is 0 Å². The van der Waals surface area contributed by atoms with Gasteiger partial charge in [-0.3, -0.25) is 9.20 Å². The van der Waals surface area contributed by atoms with Gasteiger partial charge in [0.1, 0.15) is 11.4 Å². The Bertz CT molecular complexity index is 1140. The number of hydrogen-bond acceptors (Lipinski definition) is 5. The Kier molecular flexibility index (Phi) is 3.71. The molecule has 0 unspecified atom stereocenters. The monoisotopic (exact) mass is 379 g/mol. The van der Waals surface area contributed by atoms with Crippen LogP contribution in [0.4, 0.5) is 0 Å². The van der Waals surface area contributed by atoms with Gasteiger partial charge in [0.05, 0.1) is 31.2 Å². The van der Waals surface area contributed by atoms with Crippen molar-refractivity contribution in [1.29, 1.82) is 0 Å². The molecule has 4 heterocycles. The number of fused-ring (bicyclic) bond motifs is 3. The molecule has 0 saturated carbocycles. The molecule has 5 rings (SSSR count). The quantitative estimate of drug-likeness (QED) is 0.594. The average Bonchev–Trinajstić information content (AvgIpc) is 3.38. The number of aromatic nitrogens is 4. The number of carbonyl (C=O) groups is 1. The van der Waals surface area contributed by atoms with Crippen molar-refractivity contribution >= 4 is 22.2 Å². The predicted molar refractivity (Wildman–Crippen MR) is 101 cm³/mol. The molecule has 3 aromatic heterocycles. The maximum absolute atomic E-state index is 12.3. The van der Waals surface area contributed by atoms with E-state index < -0.39 is 0 Å². The largest absolute Gasteiger partial charge is 0.494 e. The van der Waals surface area contributed by atoms with Crippen molar-refractivity contribution < 1.29 is 9.53 Å². The first kappa shape index (κ1) is 16.1. The molecule has 0 aliphatic carbocycles. The van der Waals surface area contributed by atoms with Crippen molar-refractivity contribution in [1.82, 2.24) is 24.5 Å². The highest BCUT2D eigenvalue weighted by molar-refractivity contribution is 7.15. The number of para-hydroxylation sites is 2. The third kappa shape index (κ3) is 2.60. The van der Waals surface area contributed by atoms with Gasteiger partial charge in [-0.25, -0.2) is 9.67 Å². The summed E-state index contributed by atoms with van der Waals surface area (Å²) in [7, 11) is 1.64. The van der Waals surface area contributed by atoms with Gasteiger partial charge in [-0.2, -0.15) is 5.10 Å². The van der Waals surface area contributed by atoms with E-state index in [2.05, 4.69) is 14.8 Å². The first-order valence-electron chi connectivity index (χ1n) is 8.63. The van der Waals surface area contributed by atoms with Crippen molar-refractivity contribution in [2.75, 3.05) is 7.11 Å². The number of amides is 1. The van der Waals surface area contributed by atoms with E-state index in [1.54, 1.807) is 23.1 Å². The number of nitrogens with zero attached hydrogens (tertiary/aromatic N) is 4. The van der Waals surface area contributed by atoms with Crippen LogP contribution < -0.4 is 10.1 Å². The summed E-state index contributed by atoms with van der Waals surface area (Å²) in [5.74, 6) is 0.665. The van der Waals surface area contributed by atoms with Gasteiger partial charge in [-0.1, -0.05) is 12.1 Å². The number of methoxy groups -OCH3 is 1. The van der Waals surface area contributed by atoms with Crippen LogP contribution in [0.3, 0.4) is 0 Å². The molecule has 0 spiro atoms. The molecule has 27 heavy (non-hydrogen) atoms. The maximum Gasteiger partial charge on any atom is 0.221 e. The summed E-state index contributed by atoms with van der Waals surface area (Å²) in [4.78, 5) is 17.9. The van der Waals surface area contributed by atoms with Gasteiger partial charge in [0.2, 0.25) is 5.91 Å². The molecule has 0 fully saturated rings. The van der Waals surface area contributed by atoms with Crippen molar-refractivity contribution in [2.45, 2.75) is 18.9 Å². The van der Waals surface area contributed by atoms with Crippen LogP contribution in [0.5, 0.6) is 5.75 Å². The van der Waals surface area contributed by atoms with E-state index in [4.69, 9.17) is 9.72 Å². The molecule has 0 saturated heterocycles. The second-order valence-corrected chi connectivity index (χ2v) is 7.30. The van der Waals surface area contributed by atoms with E-state index in [1.165, 1.54) is 0 Å². The Morgan fingerprint density at radius 2 is 2.22 bits per heavy atom. The average molecular weight is 379 g/mol. The Morgan fingerprint density at radius 1 is 1.33 bits per heavy atom. The normalized spacial score (nSPS) is 16.8. The lowest BCUT2D eigenvalue weighted by Gasteiger charge is -2.12. The van der Waals surface area contributed by atoms with E-state index in [0.717, 1.165) is 33.3 Å². The van der Waals surface area contributed by atoms with E-state index >= 15 is 0 Å². The van der Waals surface area contributed by atoms with Crippen LogP contribution in [0.2, 0.25) is 0 Å². The predicted octanol–water partition coefficient (Wildman–Crippen LogP) is 2.74. The minimum absolute atomic E-state index is 0.0204. The summed E-state index contributed by atoms with van der Waals surface area (Å²) in [5.41, 5.74) is 3.82. The number of benzene rings is 1. The van der Waals surface area contributed by atoms with E-state index in [9.17, 15) is 4.79 Å². The van der Waals surface area contributed by atoms with Gasteiger partial charge in [0.15, 0.2) is 4.96 Å². The van der Waals surface area contributed by atoms with Crippen molar-refractivity contribution in [3.8, 4) is 11.4 Å². The fourth-order valence-electron chi connectivity index (χ4n) is 3.63. The van der Waals surface area contributed by atoms with Crippen LogP contribution in [0.1, 0.15) is 29.3 Å². The van der Waals surface area contributed by atoms with Crippen LogP contribution in [0.25, 0.3) is 10.6 Å². The molecule has 1 aromatic carbocycles. The Labute approximate surface area is 159 Å². The first-order valence-corrected chi connectivity index (χ1v) is 9.51. The summed E-state index contributed by atoms with van der Waals surface area (Å²) in [6.45, 7) is 0.458. The Morgan fingerprint density at radius 3 is 3.11 bits per heavy atom. The zero-order valence-corrected chi connectivity index (χ0v) is 15.4. The number of imidazole rings is 1. The van der Waals surface area contributed by atoms with E-state index in [0.29, 0.717) is 13.0 Å². The summed E-state index contributed by atoms with van der Waals surface area (Å²) < 4.78 is 9.33. The maximum atomic E-state index is 12.3. The molecule has 1 atom stereocenters. The van der Waals surface area contributed by atoms with E-state index in [1.807, 2.05) is 48.2 Å². The number of rotatable bonds is 3. The molecule has 0 radical (unpaired) electrons. The summed E-state index contributed by atoms with van der Waals surface area (Å²) in [5, 5.41) is 9.49. The zero-order valence-electron chi connectivity index (χ0n) is 14.6. The van der Waals surface area contributed by atoms with Crippen LogP contribution >= 0.6 is 11.3 Å². The van der Waals surface area contributed by atoms with Crippen molar-refractivity contribution in [3.63, 3.8) is 0 Å². The highest BCUT2D eigenvalue weighted by Crippen LogP contribution is 2.34. The molecular formula is C19H17N5O2S. The molecule has 4 aromatic rings. The topological polar surface area (TPSA) is 73.5 Å². The molecule has 1 N–H and O–H groups in total. The Balaban J connectivity index is 1.62. The second-order valence-electron chi connectivity index (χ2n) is 6.42. The smallest absolute Gasteiger partial charge is 0.221 e. The minimum atomic E-state index is -0.101. The minimum Gasteiger partial charge on any atom is -0.494 e. The number of carbonyl (C=O) groups excluding carboxylic acids is 1. The lowest BCUT2D eigenvalue weighted by atomic mass is 9.94. The van der Waals surface area contributed by atoms with Gasteiger partial charge in [0, 0.05) is 35.7 Å². The first-order chi connectivity index (χ1) is 13.2. The lowest BCUT2D eigenvalue weighted by Crippen LogP contribution is -2.21. The molecule has 1 amide bonds. The highest BCUT2D eigenvalue weighted by Gasteiger charge is 2.30. The summed E-state index contributed by atoms with van der Waals surface area (Å²) in [6, 6.07) is 7.73. The standard InChI is InChI=1S/C19H17N5O2S/c1-26-16-5-3-2-4-15(16)24-11-12(9-21-24)13-8-17(25)20-10-14-18(13)23-6-7-27-19(23)22-14/h2-7,9,11,13H,8,10H2,1H3,(H,20,25)/t13-/m1/s1. The summed E-state index contributed by atoms with van der Waals surface area (Å²) in [6.07, 6.45) is 6.18. The second kappa shape index (κ2) is 6.24. The highest BCUT2D eigenvalue weighted by atomic mass is 32.1. The third-order valence-corrected chi connectivity index (χ3v) is 5.64. The molecule has 1 aliphatic rings. The van der Waals surface area contributed by atoms with Crippen LogP contribution in [-0.2, 0) is 11.3 Å². The fourth-order valence-corrected chi connectivity index (χ4v) is 4.37. The van der Waals surface area contributed by atoms with Gasteiger partial charge in [-0.05, 0) is 12.1 Å². The van der Waals surface area contributed by atoms with Gasteiger partial charge in [0.25, 0.3) is 0 Å². The Hall–Kier alpha value is -3.13. The number of hydrogen-bond donors (Lipinski definition) is 1. The van der Waals surface area contributed by atoms with Crippen molar-refractivity contribution in [3.05, 3.63) is 65.2 Å². The molecule has 8 heteroatoms. The van der Waals surface area contributed by atoms with Gasteiger partial charge < -0.3 is 10.1 Å². The fraction of sp³-hybridized carbons (Fsp3) is 0.211.